The lowest BCUT2D eigenvalue weighted by atomic mass is 9.82. The summed E-state index contributed by atoms with van der Waals surface area (Å²) in [5.74, 6) is 0.284. The number of carbonyl (C=O) groups is 3. The molecule has 5 rings (SSSR count). The number of piperazine rings is 1. The maximum atomic E-state index is 12.8. The molecule has 0 spiro atoms. The van der Waals surface area contributed by atoms with Crippen LogP contribution in [-0.4, -0.2) is 67.0 Å². The predicted molar refractivity (Wildman–Crippen MR) is 135 cm³/mol. The molecule has 4 fully saturated rings. The number of halogens is 1. The number of fused-ring (bicyclic) bond motifs is 1. The average molecular weight is 502 g/mol. The Morgan fingerprint density at radius 2 is 1.80 bits per heavy atom. The molecule has 2 aliphatic carbocycles. The minimum absolute atomic E-state index is 0.0683. The first-order chi connectivity index (χ1) is 17.0. The van der Waals surface area contributed by atoms with Crippen LogP contribution in [-0.2, 0) is 9.59 Å². The lowest BCUT2D eigenvalue weighted by Gasteiger charge is -2.40. The lowest BCUT2D eigenvalue weighted by molar-refractivity contribution is -0.134. The van der Waals surface area contributed by atoms with E-state index < -0.39 is 0 Å². The Bertz CT molecular complexity index is 960. The highest BCUT2D eigenvalue weighted by atomic mass is 35.5. The summed E-state index contributed by atoms with van der Waals surface area (Å²) >= 11 is 6.54. The van der Waals surface area contributed by atoms with Gasteiger partial charge in [0, 0.05) is 50.2 Å². The number of hydrogen-bond acceptors (Lipinski definition) is 5. The van der Waals surface area contributed by atoms with Crippen molar-refractivity contribution in [3.63, 3.8) is 0 Å². The summed E-state index contributed by atoms with van der Waals surface area (Å²) in [4.78, 5) is 41.8. The van der Waals surface area contributed by atoms with Gasteiger partial charge in [0.05, 0.1) is 22.8 Å². The SMILES string of the molecule is O=C(NC1CCC1)c1ccc(N2CCN(C(=O)CCC3NC(=O)C4CCCCC4N3)CC2)c(Cl)c1. The van der Waals surface area contributed by atoms with E-state index >= 15 is 0 Å². The van der Waals surface area contributed by atoms with Crippen LogP contribution < -0.4 is 20.9 Å². The smallest absolute Gasteiger partial charge is 0.251 e. The Morgan fingerprint density at radius 3 is 2.51 bits per heavy atom. The van der Waals surface area contributed by atoms with Crippen LogP contribution in [0.25, 0.3) is 0 Å². The van der Waals surface area contributed by atoms with Crippen LogP contribution in [0, 0.1) is 5.92 Å². The van der Waals surface area contributed by atoms with Gasteiger partial charge in [0.1, 0.15) is 0 Å². The third-order valence-corrected chi connectivity index (χ3v) is 8.41. The summed E-state index contributed by atoms with van der Waals surface area (Å²) in [5, 5.41) is 10.2. The summed E-state index contributed by atoms with van der Waals surface area (Å²) in [6.45, 7) is 2.66. The molecule has 190 valence electrons. The summed E-state index contributed by atoms with van der Waals surface area (Å²) < 4.78 is 0. The molecule has 2 saturated carbocycles. The molecule has 9 heteroatoms. The molecule has 2 saturated heterocycles. The second-order valence-corrected chi connectivity index (χ2v) is 10.8. The van der Waals surface area contributed by atoms with Gasteiger partial charge in [-0.1, -0.05) is 24.4 Å². The molecule has 2 heterocycles. The Labute approximate surface area is 212 Å². The molecule has 8 nitrogen and oxygen atoms in total. The van der Waals surface area contributed by atoms with Crippen LogP contribution in [0.3, 0.4) is 0 Å². The fourth-order valence-corrected chi connectivity index (χ4v) is 6.03. The van der Waals surface area contributed by atoms with Gasteiger partial charge in [0.15, 0.2) is 0 Å². The van der Waals surface area contributed by atoms with Crippen LogP contribution in [0.1, 0.15) is 68.1 Å². The molecule has 3 amide bonds. The number of nitrogens with one attached hydrogen (secondary N) is 3. The van der Waals surface area contributed by atoms with E-state index in [0.29, 0.717) is 55.6 Å². The molecule has 1 aromatic rings. The molecular formula is C26H36ClN5O3. The van der Waals surface area contributed by atoms with Crippen LogP contribution in [0.5, 0.6) is 0 Å². The first kappa shape index (κ1) is 24.4. The topological polar surface area (TPSA) is 93.8 Å². The number of anilines is 1. The minimum atomic E-state index is -0.120. The minimum Gasteiger partial charge on any atom is -0.367 e. The zero-order valence-electron chi connectivity index (χ0n) is 20.2. The van der Waals surface area contributed by atoms with Crippen molar-refractivity contribution in [2.45, 2.75) is 76.0 Å². The van der Waals surface area contributed by atoms with Gasteiger partial charge in [-0.2, -0.15) is 0 Å². The zero-order valence-corrected chi connectivity index (χ0v) is 21.0. The molecule has 2 aliphatic heterocycles. The quantitative estimate of drug-likeness (QED) is 0.557. The number of rotatable bonds is 6. The maximum Gasteiger partial charge on any atom is 0.251 e. The first-order valence-corrected chi connectivity index (χ1v) is 13.6. The molecule has 3 atom stereocenters. The summed E-state index contributed by atoms with van der Waals surface area (Å²) in [5.41, 5.74) is 1.48. The highest BCUT2D eigenvalue weighted by molar-refractivity contribution is 6.33. The van der Waals surface area contributed by atoms with E-state index in [0.717, 1.165) is 44.2 Å². The highest BCUT2D eigenvalue weighted by Gasteiger charge is 2.37. The van der Waals surface area contributed by atoms with Crippen molar-refractivity contribution in [2.24, 2.45) is 5.92 Å². The van der Waals surface area contributed by atoms with E-state index in [9.17, 15) is 14.4 Å². The van der Waals surface area contributed by atoms with E-state index in [-0.39, 0.29) is 35.8 Å². The molecule has 0 aromatic heterocycles. The van der Waals surface area contributed by atoms with Crippen molar-refractivity contribution in [3.8, 4) is 0 Å². The van der Waals surface area contributed by atoms with Gasteiger partial charge in [-0.15, -0.1) is 0 Å². The zero-order chi connectivity index (χ0) is 24.4. The lowest BCUT2D eigenvalue weighted by Crippen LogP contribution is -2.62. The summed E-state index contributed by atoms with van der Waals surface area (Å²) in [6, 6.07) is 6.02. The van der Waals surface area contributed by atoms with Crippen LogP contribution in [0.4, 0.5) is 5.69 Å². The van der Waals surface area contributed by atoms with Crippen LogP contribution >= 0.6 is 11.6 Å². The maximum absolute atomic E-state index is 12.8. The largest absolute Gasteiger partial charge is 0.367 e. The van der Waals surface area contributed by atoms with Crippen molar-refractivity contribution in [2.75, 3.05) is 31.1 Å². The Balaban J connectivity index is 1.08. The fraction of sp³-hybridized carbons (Fsp3) is 0.654. The Hall–Kier alpha value is -2.32. The van der Waals surface area contributed by atoms with Gasteiger partial charge in [0.25, 0.3) is 5.91 Å². The molecule has 3 unspecified atom stereocenters. The average Bonchev–Trinajstić information content (AvgIpc) is 2.85. The normalized spacial score (nSPS) is 27.0. The van der Waals surface area contributed by atoms with Gasteiger partial charge in [-0.05, 0) is 56.7 Å². The van der Waals surface area contributed by atoms with Gasteiger partial charge in [0.2, 0.25) is 11.8 Å². The number of carbonyl (C=O) groups excluding carboxylic acids is 3. The molecule has 0 bridgehead atoms. The third kappa shape index (κ3) is 5.59. The second-order valence-electron chi connectivity index (χ2n) is 10.4. The van der Waals surface area contributed by atoms with E-state index in [4.69, 9.17) is 11.6 Å². The summed E-state index contributed by atoms with van der Waals surface area (Å²) in [6.07, 6.45) is 8.47. The van der Waals surface area contributed by atoms with Crippen molar-refractivity contribution in [1.29, 1.82) is 0 Å². The number of nitrogens with zero attached hydrogens (tertiary/aromatic N) is 2. The predicted octanol–water partition coefficient (Wildman–Crippen LogP) is 2.66. The van der Waals surface area contributed by atoms with E-state index in [1.54, 1.807) is 6.07 Å². The van der Waals surface area contributed by atoms with E-state index in [2.05, 4.69) is 20.9 Å². The number of hydrogen-bond donors (Lipinski definition) is 3. The summed E-state index contributed by atoms with van der Waals surface area (Å²) in [7, 11) is 0. The highest BCUT2D eigenvalue weighted by Crippen LogP contribution is 2.29. The molecule has 0 radical (unpaired) electrons. The first-order valence-electron chi connectivity index (χ1n) is 13.2. The van der Waals surface area contributed by atoms with Gasteiger partial charge in [-0.3, -0.25) is 19.7 Å². The molecule has 4 aliphatic rings. The van der Waals surface area contributed by atoms with Gasteiger partial charge >= 0.3 is 0 Å². The monoisotopic (exact) mass is 501 g/mol. The fourth-order valence-electron chi connectivity index (χ4n) is 5.73. The number of amides is 3. The van der Waals surface area contributed by atoms with Crippen molar-refractivity contribution in [1.82, 2.24) is 20.9 Å². The van der Waals surface area contributed by atoms with E-state index in [1.807, 2.05) is 17.0 Å². The van der Waals surface area contributed by atoms with Gasteiger partial charge in [-0.25, -0.2) is 0 Å². The van der Waals surface area contributed by atoms with Crippen molar-refractivity contribution in [3.05, 3.63) is 28.8 Å². The van der Waals surface area contributed by atoms with Crippen LogP contribution in [0.2, 0.25) is 5.02 Å². The molecule has 3 N–H and O–H groups in total. The Morgan fingerprint density at radius 1 is 1.03 bits per heavy atom. The third-order valence-electron chi connectivity index (χ3n) is 8.10. The molecular weight excluding hydrogens is 466 g/mol. The standard InChI is InChI=1S/C26H36ClN5O3/c27-20-16-17(25(34)28-18-4-3-5-18)8-9-22(20)31-12-14-32(15-13-31)24(33)11-10-23-29-21-7-2-1-6-19(21)26(35)30-23/h8-9,16,18-19,21,23,29H,1-7,10-15H2,(H,28,34)(H,30,35). The van der Waals surface area contributed by atoms with Gasteiger partial charge < -0.3 is 20.4 Å². The molecule has 35 heavy (non-hydrogen) atoms. The van der Waals surface area contributed by atoms with Crippen LogP contribution in [0.15, 0.2) is 18.2 Å². The Kier molecular flexibility index (Phi) is 7.48. The number of benzene rings is 1. The van der Waals surface area contributed by atoms with E-state index in [1.165, 1.54) is 6.42 Å². The molecule has 1 aromatic carbocycles. The second kappa shape index (κ2) is 10.7. The van der Waals surface area contributed by atoms with Crippen molar-refractivity contribution < 1.29 is 14.4 Å². The van der Waals surface area contributed by atoms with Crippen molar-refractivity contribution >= 4 is 35.0 Å².